The highest BCUT2D eigenvalue weighted by Gasteiger charge is 2.31. The van der Waals surface area contributed by atoms with Crippen molar-refractivity contribution >= 4 is 38.3 Å². The molecule has 1 aromatic heterocycles. The lowest BCUT2D eigenvalue weighted by atomic mass is 9.96. The summed E-state index contributed by atoms with van der Waals surface area (Å²) in [5.41, 5.74) is 5.62. The molecule has 3 N–H and O–H groups in total. The number of nitrogens with zero attached hydrogens (tertiary/aromatic N) is 2. The second-order valence-corrected chi connectivity index (χ2v) is 9.60. The molecule has 1 aliphatic rings. The van der Waals surface area contributed by atoms with Crippen LogP contribution in [0.2, 0.25) is 0 Å². The first kappa shape index (κ1) is 16.7. The Kier molecular flexibility index (Phi) is 5.20. The zero-order chi connectivity index (χ0) is 16.3. The molecule has 0 unspecified atom stereocenters. The highest BCUT2D eigenvalue weighted by molar-refractivity contribution is 8.01. The van der Waals surface area contributed by atoms with Crippen molar-refractivity contribution in [1.82, 2.24) is 14.9 Å². The second kappa shape index (κ2) is 7.16. The Hall–Kier alpha value is -1.16. The Balaban J connectivity index is 1.74. The minimum atomic E-state index is -3.50. The third kappa shape index (κ3) is 4.23. The maximum atomic E-state index is 12.5. The zero-order valence-electron chi connectivity index (χ0n) is 12.4. The summed E-state index contributed by atoms with van der Waals surface area (Å²) in [5, 5.41) is 8.43. The van der Waals surface area contributed by atoms with Gasteiger partial charge in [-0.25, -0.2) is 13.1 Å². The topological polar surface area (TPSA) is 98.0 Å². The fourth-order valence-electron chi connectivity index (χ4n) is 2.64. The summed E-state index contributed by atoms with van der Waals surface area (Å²) in [6.45, 7) is 0. The molecule has 1 aliphatic carbocycles. The number of sulfonamides is 1. The van der Waals surface area contributed by atoms with Crippen molar-refractivity contribution in [3.8, 4) is 0 Å². The fraction of sp³-hybridized carbons (Fsp3) is 0.429. The molecule has 3 rings (SSSR count). The smallest absolute Gasteiger partial charge is 0.240 e. The normalized spacial score (nSPS) is 22.1. The number of rotatable bonds is 5. The molecule has 23 heavy (non-hydrogen) atoms. The first-order chi connectivity index (χ1) is 11.0. The van der Waals surface area contributed by atoms with E-state index in [1.54, 1.807) is 42.1 Å². The molecule has 0 amide bonds. The van der Waals surface area contributed by atoms with E-state index in [4.69, 9.17) is 5.73 Å². The standard InChI is InChI=1S/C14H18N4O2S3/c15-13-16-17-14(22-13)21-12-9-5-4-8-11(12)18-23(19,20)10-6-2-1-3-7-10/h1-3,6-7,11-12,18H,4-5,8-9H2,(H2,15,16)/t11-,12+/m0/s1. The minimum Gasteiger partial charge on any atom is -0.374 e. The van der Waals surface area contributed by atoms with Crippen LogP contribution in [0.5, 0.6) is 0 Å². The summed E-state index contributed by atoms with van der Waals surface area (Å²) < 4.78 is 28.7. The molecular weight excluding hydrogens is 352 g/mol. The number of nitrogens with one attached hydrogen (secondary N) is 1. The zero-order valence-corrected chi connectivity index (χ0v) is 14.8. The van der Waals surface area contributed by atoms with Gasteiger partial charge >= 0.3 is 0 Å². The van der Waals surface area contributed by atoms with Gasteiger partial charge in [0.2, 0.25) is 15.2 Å². The summed E-state index contributed by atoms with van der Waals surface area (Å²) in [6, 6.07) is 8.37. The molecule has 2 atom stereocenters. The van der Waals surface area contributed by atoms with Crippen LogP contribution in [0.1, 0.15) is 25.7 Å². The fourth-order valence-corrected chi connectivity index (χ4v) is 6.22. The van der Waals surface area contributed by atoms with Gasteiger partial charge in [0.15, 0.2) is 4.34 Å². The van der Waals surface area contributed by atoms with Crippen molar-refractivity contribution in [3.05, 3.63) is 30.3 Å². The average molecular weight is 371 g/mol. The minimum absolute atomic E-state index is 0.107. The molecule has 0 bridgehead atoms. The molecule has 2 aromatic rings. The Labute approximate surface area is 143 Å². The third-order valence-corrected chi connectivity index (χ3v) is 7.48. The van der Waals surface area contributed by atoms with Crippen molar-refractivity contribution in [2.45, 2.75) is 46.2 Å². The van der Waals surface area contributed by atoms with E-state index in [1.807, 2.05) is 0 Å². The van der Waals surface area contributed by atoms with Crippen molar-refractivity contribution in [1.29, 1.82) is 0 Å². The van der Waals surface area contributed by atoms with E-state index < -0.39 is 10.0 Å². The molecule has 9 heteroatoms. The van der Waals surface area contributed by atoms with Crippen molar-refractivity contribution in [2.75, 3.05) is 5.73 Å². The summed E-state index contributed by atoms with van der Waals surface area (Å²) in [5.74, 6) is 0. The summed E-state index contributed by atoms with van der Waals surface area (Å²) in [6.07, 6.45) is 3.90. The van der Waals surface area contributed by atoms with Crippen molar-refractivity contribution in [2.24, 2.45) is 0 Å². The van der Waals surface area contributed by atoms with E-state index in [0.29, 0.717) is 10.0 Å². The van der Waals surface area contributed by atoms with Gasteiger partial charge in [-0.15, -0.1) is 10.2 Å². The molecule has 0 saturated heterocycles. The monoisotopic (exact) mass is 370 g/mol. The van der Waals surface area contributed by atoms with Crippen LogP contribution < -0.4 is 10.5 Å². The van der Waals surface area contributed by atoms with Crippen LogP contribution in [0.25, 0.3) is 0 Å². The maximum Gasteiger partial charge on any atom is 0.240 e. The van der Waals surface area contributed by atoms with Crippen LogP contribution in [0.15, 0.2) is 39.6 Å². The number of anilines is 1. The van der Waals surface area contributed by atoms with Gasteiger partial charge in [-0.1, -0.05) is 54.1 Å². The molecule has 1 saturated carbocycles. The summed E-state index contributed by atoms with van der Waals surface area (Å²) in [4.78, 5) is 0.300. The largest absolute Gasteiger partial charge is 0.374 e. The number of hydrogen-bond donors (Lipinski definition) is 2. The molecule has 6 nitrogen and oxygen atoms in total. The van der Waals surface area contributed by atoms with Gasteiger partial charge in [0, 0.05) is 11.3 Å². The van der Waals surface area contributed by atoms with Crippen molar-refractivity contribution in [3.63, 3.8) is 0 Å². The number of benzene rings is 1. The van der Waals surface area contributed by atoms with E-state index in [0.717, 1.165) is 30.0 Å². The first-order valence-corrected chi connectivity index (χ1v) is 10.6. The van der Waals surface area contributed by atoms with Crippen molar-refractivity contribution < 1.29 is 8.42 Å². The second-order valence-electron chi connectivity index (χ2n) is 5.39. The van der Waals surface area contributed by atoms with Crippen LogP contribution in [-0.2, 0) is 10.0 Å². The lowest BCUT2D eigenvalue weighted by molar-refractivity contribution is 0.423. The van der Waals surface area contributed by atoms with Gasteiger partial charge < -0.3 is 5.73 Å². The lowest BCUT2D eigenvalue weighted by Gasteiger charge is -2.30. The summed E-state index contributed by atoms with van der Waals surface area (Å²) in [7, 11) is -3.50. The predicted octanol–water partition coefficient (Wildman–Crippen LogP) is 2.50. The van der Waals surface area contributed by atoms with Gasteiger partial charge in [0.05, 0.1) is 4.90 Å². The van der Waals surface area contributed by atoms with Crippen LogP contribution in [0, 0.1) is 0 Å². The highest BCUT2D eigenvalue weighted by atomic mass is 32.2. The SMILES string of the molecule is Nc1nnc(S[C@@H]2CCCC[C@@H]2NS(=O)(=O)c2ccccc2)s1. The molecule has 0 aliphatic heterocycles. The number of hydrogen-bond acceptors (Lipinski definition) is 7. The van der Waals surface area contributed by atoms with Gasteiger partial charge in [-0.05, 0) is 25.0 Å². The van der Waals surface area contributed by atoms with Crippen LogP contribution in [-0.4, -0.2) is 29.9 Å². The molecule has 0 radical (unpaired) electrons. The van der Waals surface area contributed by atoms with Crippen LogP contribution in [0.3, 0.4) is 0 Å². The van der Waals surface area contributed by atoms with Gasteiger partial charge in [0.25, 0.3) is 0 Å². The van der Waals surface area contributed by atoms with E-state index in [2.05, 4.69) is 14.9 Å². The molecule has 1 fully saturated rings. The Morgan fingerprint density at radius 3 is 2.61 bits per heavy atom. The predicted molar refractivity (Wildman–Crippen MR) is 93.0 cm³/mol. The molecule has 1 aromatic carbocycles. The number of aromatic nitrogens is 2. The highest BCUT2D eigenvalue weighted by Crippen LogP contribution is 2.36. The molecule has 124 valence electrons. The average Bonchev–Trinajstić information content (AvgIpc) is 2.95. The third-order valence-electron chi connectivity index (χ3n) is 3.74. The van der Waals surface area contributed by atoms with Crippen LogP contribution in [0.4, 0.5) is 5.13 Å². The lowest BCUT2D eigenvalue weighted by Crippen LogP contribution is -2.43. The van der Waals surface area contributed by atoms with E-state index in [9.17, 15) is 8.42 Å². The first-order valence-electron chi connectivity index (χ1n) is 7.37. The molecule has 1 heterocycles. The van der Waals surface area contributed by atoms with Crippen LogP contribution >= 0.6 is 23.1 Å². The Morgan fingerprint density at radius 1 is 1.17 bits per heavy atom. The van der Waals surface area contributed by atoms with Gasteiger partial charge in [-0.2, -0.15) is 0 Å². The maximum absolute atomic E-state index is 12.5. The van der Waals surface area contributed by atoms with E-state index >= 15 is 0 Å². The Morgan fingerprint density at radius 2 is 1.91 bits per heavy atom. The quantitative estimate of drug-likeness (QED) is 0.839. The molecule has 0 spiro atoms. The van der Waals surface area contributed by atoms with E-state index in [-0.39, 0.29) is 11.3 Å². The number of thioether (sulfide) groups is 1. The van der Waals surface area contributed by atoms with Gasteiger partial charge in [0.1, 0.15) is 0 Å². The number of nitrogen functional groups attached to an aromatic ring is 1. The van der Waals surface area contributed by atoms with Gasteiger partial charge in [-0.3, -0.25) is 0 Å². The Bertz CT molecular complexity index is 748. The molecular formula is C14H18N4O2S3. The van der Waals surface area contributed by atoms with E-state index in [1.165, 1.54) is 11.3 Å². The summed E-state index contributed by atoms with van der Waals surface area (Å²) >= 11 is 2.91. The number of nitrogens with two attached hydrogens (primary N) is 1.